The Hall–Kier alpha value is -1.68. The fourth-order valence-corrected chi connectivity index (χ4v) is 8.04. The molecule has 0 radical (unpaired) electrons. The quantitative estimate of drug-likeness (QED) is 0.0234. The van der Waals surface area contributed by atoms with E-state index in [4.69, 9.17) is 29.0 Å². The van der Waals surface area contributed by atoms with Crippen molar-refractivity contribution in [3.63, 3.8) is 0 Å². The van der Waals surface area contributed by atoms with Crippen LogP contribution in [0.4, 0.5) is 10.2 Å². The Kier molecular flexibility index (Phi) is 33.5. The summed E-state index contributed by atoms with van der Waals surface area (Å²) in [5.41, 5.74) is 4.30. The Morgan fingerprint density at radius 3 is 1.71 bits per heavy atom. The van der Waals surface area contributed by atoms with E-state index < -0.39 is 81.4 Å². The van der Waals surface area contributed by atoms with Crippen LogP contribution in [0, 0.1) is 5.82 Å². The number of carbonyl (C=O) groups is 2. The number of carbonyl (C=O) groups excluding carboxylic acids is 2. The molecule has 1 aliphatic heterocycles. The number of ether oxygens (including phenoxy) is 3. The third kappa shape index (κ3) is 26.3. The van der Waals surface area contributed by atoms with Crippen molar-refractivity contribution in [2.75, 3.05) is 25.6 Å². The SMILES string of the molecule is C=C1[C@H](n2cc(F)c(N)nc2=O)O[C@H](COP(=O)([O-])OC[C@H](COC(=O)CCCCCCCCCCCCCCC)OC(=O)CCCCCCCCCCCCCCC)[C@H]1O.[Na+]. The molecule has 3 N–H and O–H groups in total. The van der Waals surface area contributed by atoms with Crippen molar-refractivity contribution in [3.05, 3.63) is 34.7 Å². The van der Waals surface area contributed by atoms with Crippen LogP contribution in [-0.2, 0) is 37.4 Å². The fourth-order valence-electron chi connectivity index (χ4n) is 7.28. The summed E-state index contributed by atoms with van der Waals surface area (Å²) < 4.78 is 54.0. The van der Waals surface area contributed by atoms with Crippen LogP contribution in [0.1, 0.15) is 200 Å². The van der Waals surface area contributed by atoms with Gasteiger partial charge in [-0.3, -0.25) is 18.7 Å². The van der Waals surface area contributed by atoms with Gasteiger partial charge >= 0.3 is 47.2 Å². The number of phosphoric ester groups is 1. The largest absolute Gasteiger partial charge is 1.00 e. The number of nitrogens with two attached hydrogens (primary N) is 1. The maximum Gasteiger partial charge on any atom is 1.00 e. The van der Waals surface area contributed by atoms with Crippen molar-refractivity contribution in [2.45, 2.75) is 218 Å². The number of nitrogen functional groups attached to an aromatic ring is 1. The summed E-state index contributed by atoms with van der Waals surface area (Å²) in [7, 11) is -5.11. The van der Waals surface area contributed by atoms with Gasteiger partial charge in [-0.05, 0) is 12.8 Å². The van der Waals surface area contributed by atoms with Crippen LogP contribution in [0.3, 0.4) is 0 Å². The van der Waals surface area contributed by atoms with Gasteiger partial charge in [0, 0.05) is 18.4 Å². The summed E-state index contributed by atoms with van der Waals surface area (Å²) in [6, 6.07) is 0. The van der Waals surface area contributed by atoms with Gasteiger partial charge in [0.15, 0.2) is 24.0 Å². The van der Waals surface area contributed by atoms with Crippen molar-refractivity contribution >= 4 is 25.6 Å². The number of hydrogen-bond acceptors (Lipinski definition) is 13. The predicted molar refractivity (Wildman–Crippen MR) is 233 cm³/mol. The van der Waals surface area contributed by atoms with E-state index in [1.54, 1.807) is 0 Å². The van der Waals surface area contributed by atoms with E-state index in [2.05, 4.69) is 25.4 Å². The van der Waals surface area contributed by atoms with Crippen molar-refractivity contribution in [1.29, 1.82) is 0 Å². The molecule has 0 aromatic carbocycles. The molecular formula is C45H78FN3NaO11P. The number of anilines is 1. The smallest absolute Gasteiger partial charge is 0.756 e. The minimum Gasteiger partial charge on any atom is -0.756 e. The molecule has 0 aliphatic carbocycles. The molecule has 2 heterocycles. The second-order valence-electron chi connectivity index (χ2n) is 16.5. The fraction of sp³-hybridized carbons (Fsp3) is 0.822. The molecule has 0 spiro atoms. The topological polar surface area (TPSA) is 202 Å². The van der Waals surface area contributed by atoms with E-state index in [1.807, 2.05) is 0 Å². The second kappa shape index (κ2) is 35.6. The molecule has 2 rings (SSSR count). The normalized spacial score (nSPS) is 17.7. The summed E-state index contributed by atoms with van der Waals surface area (Å²) >= 11 is 0. The van der Waals surface area contributed by atoms with E-state index in [-0.39, 0.29) is 48.0 Å². The molecule has 1 fully saturated rings. The van der Waals surface area contributed by atoms with Gasteiger partial charge in [-0.15, -0.1) is 0 Å². The number of esters is 2. The summed E-state index contributed by atoms with van der Waals surface area (Å²) in [6.07, 6.45) is 25.9. The number of nitrogens with zero attached hydrogens (tertiary/aromatic N) is 2. The Balaban J connectivity index is 0.0000192. The van der Waals surface area contributed by atoms with Gasteiger partial charge in [0.2, 0.25) is 0 Å². The van der Waals surface area contributed by atoms with E-state index in [9.17, 15) is 33.3 Å². The van der Waals surface area contributed by atoms with E-state index in [1.165, 1.54) is 116 Å². The molecule has 5 atom stereocenters. The number of aromatic nitrogens is 2. The van der Waals surface area contributed by atoms with Crippen LogP contribution in [-0.4, -0.2) is 64.7 Å². The summed E-state index contributed by atoms with van der Waals surface area (Å²) in [5, 5.41) is 10.6. The monoisotopic (exact) mass is 910 g/mol. The molecular weight excluding hydrogens is 831 g/mol. The molecule has 1 aromatic heterocycles. The number of halogens is 1. The van der Waals surface area contributed by atoms with Gasteiger partial charge in [-0.1, -0.05) is 175 Å². The van der Waals surface area contributed by atoms with Gasteiger partial charge in [0.1, 0.15) is 18.8 Å². The number of phosphoric acid groups is 1. The van der Waals surface area contributed by atoms with Crippen LogP contribution in [0.5, 0.6) is 0 Å². The number of hydrogen-bond donors (Lipinski definition) is 2. The first-order valence-electron chi connectivity index (χ1n) is 23.4. The maximum atomic E-state index is 14.0. The molecule has 0 saturated carbocycles. The van der Waals surface area contributed by atoms with Crippen LogP contribution in [0.2, 0.25) is 0 Å². The third-order valence-electron chi connectivity index (χ3n) is 11.1. The maximum absolute atomic E-state index is 14.0. The first-order valence-corrected chi connectivity index (χ1v) is 24.9. The molecule has 17 heteroatoms. The zero-order valence-electron chi connectivity index (χ0n) is 38.3. The van der Waals surface area contributed by atoms with Crippen molar-refractivity contribution in [3.8, 4) is 0 Å². The van der Waals surface area contributed by atoms with Gasteiger partial charge in [-0.25, -0.2) is 9.18 Å². The van der Waals surface area contributed by atoms with Crippen LogP contribution < -0.4 is 45.9 Å². The average Bonchev–Trinajstić information content (AvgIpc) is 3.51. The van der Waals surface area contributed by atoms with Gasteiger partial charge in [0.25, 0.3) is 7.82 Å². The summed E-state index contributed by atoms with van der Waals surface area (Å²) in [5.74, 6) is -2.68. The Morgan fingerprint density at radius 1 is 0.806 bits per heavy atom. The zero-order valence-corrected chi connectivity index (χ0v) is 41.2. The summed E-state index contributed by atoms with van der Waals surface area (Å²) in [4.78, 5) is 53.8. The summed E-state index contributed by atoms with van der Waals surface area (Å²) in [6.45, 7) is 6.28. The van der Waals surface area contributed by atoms with Crippen LogP contribution in [0.25, 0.3) is 0 Å². The Labute approximate surface area is 392 Å². The minimum absolute atomic E-state index is 0. The van der Waals surface area contributed by atoms with Crippen LogP contribution >= 0.6 is 7.82 Å². The van der Waals surface area contributed by atoms with Crippen LogP contribution in [0.15, 0.2) is 23.1 Å². The number of unbranched alkanes of at least 4 members (excludes halogenated alkanes) is 24. The first kappa shape index (κ1) is 58.3. The van der Waals surface area contributed by atoms with Gasteiger partial charge in [0.05, 0.1) is 19.4 Å². The molecule has 1 saturated heterocycles. The first-order chi connectivity index (χ1) is 29.4. The van der Waals surface area contributed by atoms with Gasteiger partial charge in [-0.2, -0.15) is 4.98 Å². The van der Waals surface area contributed by atoms with Gasteiger partial charge < -0.3 is 39.0 Å². The molecule has 1 unspecified atom stereocenters. The molecule has 352 valence electrons. The molecule has 1 aromatic rings. The third-order valence-corrected chi connectivity index (χ3v) is 12.0. The van der Waals surface area contributed by atoms with Crippen molar-refractivity contribution < 1.29 is 81.4 Å². The molecule has 1 aliphatic rings. The van der Waals surface area contributed by atoms with Crippen molar-refractivity contribution in [2.24, 2.45) is 0 Å². The second-order valence-corrected chi connectivity index (χ2v) is 17.9. The number of aliphatic hydroxyl groups excluding tert-OH is 1. The van der Waals surface area contributed by atoms with E-state index >= 15 is 0 Å². The predicted octanol–water partition coefficient (Wildman–Crippen LogP) is 6.70. The molecule has 0 amide bonds. The van der Waals surface area contributed by atoms with E-state index in [0.29, 0.717) is 12.8 Å². The molecule has 62 heavy (non-hydrogen) atoms. The average molecular weight is 910 g/mol. The number of rotatable bonds is 38. The molecule has 0 bridgehead atoms. The van der Waals surface area contributed by atoms with Crippen molar-refractivity contribution in [1.82, 2.24) is 9.55 Å². The Bertz CT molecular complexity index is 1490. The number of aliphatic hydroxyl groups is 1. The zero-order chi connectivity index (χ0) is 44.7. The Morgan fingerprint density at radius 2 is 1.24 bits per heavy atom. The standard InChI is InChI=1S/C45H79FN3O11P.Na/c1-4-6-8-10-12-14-16-18-20-22-24-26-28-30-40(50)56-33-37(59-41(51)31-29-27-25-23-21-19-17-15-13-11-9-7-5-2)34-57-61(54,55)58-35-39-42(52)36(3)44(60-39)49-32-38(46)43(47)48-45(49)53;/h32,37,39,42,44,52H,3-31,33-35H2,1-2H3,(H,54,55)(H2,47,48,53);/q;+1/p-1/t37-,39+,42-,44+;/m0./s1. The van der Waals surface area contributed by atoms with E-state index in [0.717, 1.165) is 49.3 Å². The minimum atomic E-state index is -5.11. The molecule has 14 nitrogen and oxygen atoms in total.